The van der Waals surface area contributed by atoms with E-state index in [-0.39, 0.29) is 5.60 Å². The second kappa shape index (κ2) is 5.24. The van der Waals surface area contributed by atoms with Crippen molar-refractivity contribution < 1.29 is 9.84 Å². The van der Waals surface area contributed by atoms with Gasteiger partial charge in [-0.1, -0.05) is 6.92 Å². The normalized spacial score (nSPS) is 20.8. The van der Waals surface area contributed by atoms with Crippen LogP contribution in [-0.2, 0) is 4.74 Å². The summed E-state index contributed by atoms with van der Waals surface area (Å²) in [6.07, 6.45) is 2.08. The molecule has 1 fully saturated rings. The SMILES string of the molecule is CCC(O)c1ccc(N2CCOC(C)(C)C2)cn1. The van der Waals surface area contributed by atoms with Crippen LogP contribution in [0.1, 0.15) is 39.0 Å². The Labute approximate surface area is 109 Å². The van der Waals surface area contributed by atoms with Gasteiger partial charge < -0.3 is 14.7 Å². The van der Waals surface area contributed by atoms with E-state index in [1.54, 1.807) is 0 Å². The molecule has 4 nitrogen and oxygen atoms in total. The van der Waals surface area contributed by atoms with Crippen LogP contribution in [0.3, 0.4) is 0 Å². The Kier molecular flexibility index (Phi) is 3.88. The molecule has 0 saturated carbocycles. The monoisotopic (exact) mass is 250 g/mol. The predicted octanol–water partition coefficient (Wildman–Crippen LogP) is 2.14. The molecule has 1 N–H and O–H groups in total. The summed E-state index contributed by atoms with van der Waals surface area (Å²) in [5.41, 5.74) is 1.73. The lowest BCUT2D eigenvalue weighted by molar-refractivity contribution is -0.0277. The molecule has 2 rings (SSSR count). The summed E-state index contributed by atoms with van der Waals surface area (Å²) in [6, 6.07) is 3.94. The fourth-order valence-electron chi connectivity index (χ4n) is 2.23. The molecule has 0 aromatic carbocycles. The van der Waals surface area contributed by atoms with Gasteiger partial charge in [0.1, 0.15) is 0 Å². The summed E-state index contributed by atoms with van der Waals surface area (Å²) in [7, 11) is 0. The number of rotatable bonds is 3. The van der Waals surface area contributed by atoms with Gasteiger partial charge >= 0.3 is 0 Å². The van der Waals surface area contributed by atoms with Gasteiger partial charge in [-0.3, -0.25) is 4.98 Å². The van der Waals surface area contributed by atoms with Gasteiger partial charge in [0.2, 0.25) is 0 Å². The third-order valence-corrected chi connectivity index (χ3v) is 3.29. The van der Waals surface area contributed by atoms with Crippen LogP contribution in [0.2, 0.25) is 0 Å². The van der Waals surface area contributed by atoms with E-state index in [0.29, 0.717) is 6.42 Å². The fourth-order valence-corrected chi connectivity index (χ4v) is 2.23. The zero-order valence-corrected chi connectivity index (χ0v) is 11.4. The first-order chi connectivity index (χ1) is 8.52. The Morgan fingerprint density at radius 2 is 2.28 bits per heavy atom. The van der Waals surface area contributed by atoms with Crippen molar-refractivity contribution in [2.45, 2.75) is 38.9 Å². The van der Waals surface area contributed by atoms with Crippen molar-refractivity contribution in [2.75, 3.05) is 24.6 Å². The van der Waals surface area contributed by atoms with E-state index < -0.39 is 6.10 Å². The summed E-state index contributed by atoms with van der Waals surface area (Å²) in [5, 5.41) is 9.72. The highest BCUT2D eigenvalue weighted by Gasteiger charge is 2.27. The molecule has 0 amide bonds. The molecular weight excluding hydrogens is 228 g/mol. The number of hydrogen-bond donors (Lipinski definition) is 1. The molecule has 1 unspecified atom stereocenters. The summed E-state index contributed by atoms with van der Waals surface area (Å²) in [5.74, 6) is 0. The van der Waals surface area contributed by atoms with Crippen LogP contribution in [0.5, 0.6) is 0 Å². The van der Waals surface area contributed by atoms with Gasteiger partial charge in [0.15, 0.2) is 0 Å². The van der Waals surface area contributed by atoms with Crippen molar-refractivity contribution in [3.8, 4) is 0 Å². The minimum absolute atomic E-state index is 0.111. The van der Waals surface area contributed by atoms with Gasteiger partial charge in [-0.2, -0.15) is 0 Å². The lowest BCUT2D eigenvalue weighted by atomic mass is 10.1. The van der Waals surface area contributed by atoms with Crippen LogP contribution < -0.4 is 4.90 Å². The molecule has 2 heterocycles. The minimum atomic E-state index is -0.458. The lowest BCUT2D eigenvalue weighted by Gasteiger charge is -2.39. The molecule has 0 aliphatic carbocycles. The van der Waals surface area contributed by atoms with E-state index in [1.807, 2.05) is 25.3 Å². The largest absolute Gasteiger partial charge is 0.387 e. The third-order valence-electron chi connectivity index (χ3n) is 3.29. The number of nitrogens with zero attached hydrogens (tertiary/aromatic N) is 2. The molecule has 1 atom stereocenters. The molecule has 18 heavy (non-hydrogen) atoms. The van der Waals surface area contributed by atoms with Crippen molar-refractivity contribution in [3.05, 3.63) is 24.0 Å². The van der Waals surface area contributed by atoms with Crippen molar-refractivity contribution in [1.29, 1.82) is 0 Å². The van der Waals surface area contributed by atoms with Gasteiger partial charge in [-0.15, -0.1) is 0 Å². The van der Waals surface area contributed by atoms with Crippen LogP contribution in [0.15, 0.2) is 18.3 Å². The predicted molar refractivity (Wildman–Crippen MR) is 71.7 cm³/mol. The van der Waals surface area contributed by atoms with E-state index >= 15 is 0 Å². The van der Waals surface area contributed by atoms with Crippen molar-refractivity contribution in [1.82, 2.24) is 4.98 Å². The third kappa shape index (κ3) is 3.00. The number of ether oxygens (including phenoxy) is 1. The Bertz CT molecular complexity index is 389. The van der Waals surface area contributed by atoms with Crippen LogP contribution in [0.25, 0.3) is 0 Å². The Hall–Kier alpha value is -1.13. The van der Waals surface area contributed by atoms with E-state index in [0.717, 1.165) is 31.1 Å². The standard InChI is InChI=1S/C14H22N2O2/c1-4-13(17)12-6-5-11(9-15-12)16-7-8-18-14(2,3)10-16/h5-6,9,13,17H,4,7-8,10H2,1-3H3. The Morgan fingerprint density at radius 3 is 2.83 bits per heavy atom. The van der Waals surface area contributed by atoms with Crippen LogP contribution in [-0.4, -0.2) is 35.4 Å². The van der Waals surface area contributed by atoms with Gasteiger partial charge in [0.25, 0.3) is 0 Å². The average molecular weight is 250 g/mol. The average Bonchev–Trinajstić information content (AvgIpc) is 2.37. The topological polar surface area (TPSA) is 45.6 Å². The van der Waals surface area contributed by atoms with E-state index in [4.69, 9.17) is 4.74 Å². The molecule has 1 aromatic heterocycles. The molecule has 1 aliphatic heterocycles. The zero-order valence-electron chi connectivity index (χ0n) is 11.4. The molecule has 1 saturated heterocycles. The van der Waals surface area contributed by atoms with Crippen LogP contribution in [0.4, 0.5) is 5.69 Å². The van der Waals surface area contributed by atoms with Crippen LogP contribution >= 0.6 is 0 Å². The summed E-state index contributed by atoms with van der Waals surface area (Å²) < 4.78 is 5.69. The highest BCUT2D eigenvalue weighted by atomic mass is 16.5. The maximum atomic E-state index is 9.72. The van der Waals surface area contributed by atoms with Gasteiger partial charge in [-0.05, 0) is 32.4 Å². The molecular formula is C14H22N2O2. The van der Waals surface area contributed by atoms with E-state index in [1.165, 1.54) is 0 Å². The van der Waals surface area contributed by atoms with Crippen molar-refractivity contribution >= 4 is 5.69 Å². The molecule has 0 radical (unpaired) electrons. The van der Waals surface area contributed by atoms with E-state index in [2.05, 4.69) is 23.7 Å². The molecule has 4 heteroatoms. The lowest BCUT2D eigenvalue weighted by Crippen LogP contribution is -2.48. The number of aromatic nitrogens is 1. The molecule has 1 aliphatic rings. The van der Waals surface area contributed by atoms with Crippen LogP contribution in [0, 0.1) is 0 Å². The summed E-state index contributed by atoms with van der Waals surface area (Å²) >= 11 is 0. The van der Waals surface area contributed by atoms with Gasteiger partial charge in [0, 0.05) is 13.1 Å². The highest BCUT2D eigenvalue weighted by molar-refractivity contribution is 5.45. The molecule has 0 bridgehead atoms. The first kappa shape index (κ1) is 13.3. The second-order valence-corrected chi connectivity index (χ2v) is 5.40. The maximum Gasteiger partial charge on any atom is 0.0957 e. The van der Waals surface area contributed by atoms with Crippen molar-refractivity contribution in [2.24, 2.45) is 0 Å². The number of anilines is 1. The number of aliphatic hydroxyl groups is 1. The first-order valence-corrected chi connectivity index (χ1v) is 6.55. The van der Waals surface area contributed by atoms with Gasteiger partial charge in [0.05, 0.1) is 35.9 Å². The Morgan fingerprint density at radius 1 is 1.50 bits per heavy atom. The molecule has 100 valence electrons. The number of hydrogen-bond acceptors (Lipinski definition) is 4. The first-order valence-electron chi connectivity index (χ1n) is 6.55. The maximum absolute atomic E-state index is 9.72. The minimum Gasteiger partial charge on any atom is -0.387 e. The number of aliphatic hydroxyl groups excluding tert-OH is 1. The second-order valence-electron chi connectivity index (χ2n) is 5.40. The Balaban J connectivity index is 2.09. The number of morpholine rings is 1. The fraction of sp³-hybridized carbons (Fsp3) is 0.643. The summed E-state index contributed by atoms with van der Waals surface area (Å²) in [6.45, 7) is 8.64. The zero-order chi connectivity index (χ0) is 13.2. The highest BCUT2D eigenvalue weighted by Crippen LogP contribution is 2.23. The smallest absolute Gasteiger partial charge is 0.0957 e. The number of pyridine rings is 1. The summed E-state index contributed by atoms with van der Waals surface area (Å²) in [4.78, 5) is 6.62. The van der Waals surface area contributed by atoms with Crippen molar-refractivity contribution in [3.63, 3.8) is 0 Å². The van der Waals surface area contributed by atoms with E-state index in [9.17, 15) is 5.11 Å². The molecule has 1 aromatic rings. The van der Waals surface area contributed by atoms with Gasteiger partial charge in [-0.25, -0.2) is 0 Å². The molecule has 0 spiro atoms. The quantitative estimate of drug-likeness (QED) is 0.892.